The molecular weight excluding hydrogens is 149 g/mol. The molecule has 1 saturated heterocycles. The molecule has 1 rings (SSSR count). The van der Waals surface area contributed by atoms with Gasteiger partial charge in [-0.2, -0.15) is 0 Å². The molecule has 0 aliphatic carbocycles. The van der Waals surface area contributed by atoms with Crippen molar-refractivity contribution in [3.63, 3.8) is 0 Å². The molecule has 1 N–H and O–H groups in total. The van der Waals surface area contributed by atoms with Gasteiger partial charge < -0.3 is 5.11 Å². The minimum atomic E-state index is -0.823. The first-order valence-corrected chi connectivity index (χ1v) is 3.78. The van der Waals surface area contributed by atoms with Crippen molar-refractivity contribution in [1.29, 1.82) is 0 Å². The molecule has 4 heteroatoms. The van der Waals surface area contributed by atoms with Gasteiger partial charge in [0.1, 0.15) is 12.7 Å². The number of alkyl halides is 1. The third-order valence-electron chi connectivity index (χ3n) is 2.02. The van der Waals surface area contributed by atoms with Crippen LogP contribution in [0.15, 0.2) is 0 Å². The van der Waals surface area contributed by atoms with E-state index in [4.69, 9.17) is 5.11 Å². The number of carboxylic acid groups (broad SMARTS) is 1. The number of aliphatic carboxylic acids is 1. The average molecular weight is 161 g/mol. The zero-order chi connectivity index (χ0) is 8.27. The summed E-state index contributed by atoms with van der Waals surface area (Å²) in [7, 11) is 0. The van der Waals surface area contributed by atoms with E-state index in [1.165, 1.54) is 0 Å². The van der Waals surface area contributed by atoms with E-state index in [1.54, 1.807) is 4.90 Å². The van der Waals surface area contributed by atoms with Crippen LogP contribution >= 0.6 is 0 Å². The van der Waals surface area contributed by atoms with E-state index in [-0.39, 0.29) is 6.54 Å². The van der Waals surface area contributed by atoms with Gasteiger partial charge in [-0.15, -0.1) is 0 Å². The van der Waals surface area contributed by atoms with E-state index in [0.717, 1.165) is 13.0 Å². The second kappa shape index (κ2) is 3.67. The van der Waals surface area contributed by atoms with E-state index in [0.29, 0.717) is 6.42 Å². The smallest absolute Gasteiger partial charge is 0.320 e. The van der Waals surface area contributed by atoms with Gasteiger partial charge in [-0.25, -0.2) is 4.39 Å². The molecule has 1 heterocycles. The van der Waals surface area contributed by atoms with Gasteiger partial charge in [-0.3, -0.25) is 9.69 Å². The van der Waals surface area contributed by atoms with Gasteiger partial charge in [0.15, 0.2) is 0 Å². The minimum absolute atomic E-state index is 0.261. The van der Waals surface area contributed by atoms with Crippen molar-refractivity contribution in [1.82, 2.24) is 4.90 Å². The third-order valence-corrected chi connectivity index (χ3v) is 2.02. The molecule has 0 aromatic heterocycles. The number of hydrogen-bond donors (Lipinski definition) is 1. The molecule has 0 saturated carbocycles. The Kier molecular flexibility index (Phi) is 2.82. The second-order valence-corrected chi connectivity index (χ2v) is 2.72. The molecular formula is C7H12FNO2. The lowest BCUT2D eigenvalue weighted by Gasteiger charge is -2.18. The first-order chi connectivity index (χ1) is 5.25. The molecule has 0 radical (unpaired) electrons. The van der Waals surface area contributed by atoms with Crippen LogP contribution in [0, 0.1) is 0 Å². The lowest BCUT2D eigenvalue weighted by Crippen LogP contribution is -2.37. The molecule has 64 valence electrons. The molecule has 11 heavy (non-hydrogen) atoms. The molecule has 1 atom stereocenters. The monoisotopic (exact) mass is 161 g/mol. The fourth-order valence-electron chi connectivity index (χ4n) is 1.48. The van der Waals surface area contributed by atoms with Gasteiger partial charge >= 0.3 is 5.97 Å². The highest BCUT2D eigenvalue weighted by atomic mass is 19.1. The van der Waals surface area contributed by atoms with Gasteiger partial charge in [0.25, 0.3) is 0 Å². The lowest BCUT2D eigenvalue weighted by molar-refractivity contribution is -0.142. The van der Waals surface area contributed by atoms with Gasteiger partial charge in [-0.05, 0) is 19.4 Å². The Morgan fingerprint density at radius 3 is 3.00 bits per heavy atom. The standard InChI is InChI=1S/C7H12FNO2/c8-3-5-9-4-1-2-6(9)7(10)11/h6H,1-5H2,(H,10,11). The van der Waals surface area contributed by atoms with Crippen LogP contribution < -0.4 is 0 Å². The summed E-state index contributed by atoms with van der Waals surface area (Å²) in [6.45, 7) is 0.529. The molecule has 1 unspecified atom stereocenters. The summed E-state index contributed by atoms with van der Waals surface area (Å²) in [5, 5.41) is 8.65. The van der Waals surface area contributed by atoms with Crippen LogP contribution in [-0.4, -0.2) is 41.8 Å². The van der Waals surface area contributed by atoms with E-state index in [1.807, 2.05) is 0 Å². The minimum Gasteiger partial charge on any atom is -0.480 e. The number of halogens is 1. The first-order valence-electron chi connectivity index (χ1n) is 3.78. The summed E-state index contributed by atoms with van der Waals surface area (Å²) in [6, 6.07) is -0.439. The predicted octanol–water partition coefficient (Wildman–Crippen LogP) is 0.505. The molecule has 0 aromatic rings. The zero-order valence-electron chi connectivity index (χ0n) is 6.29. The Bertz CT molecular complexity index is 151. The summed E-state index contributed by atoms with van der Waals surface area (Å²) in [6.07, 6.45) is 1.53. The van der Waals surface area contributed by atoms with Gasteiger partial charge in [0.05, 0.1) is 0 Å². The molecule has 3 nitrogen and oxygen atoms in total. The van der Waals surface area contributed by atoms with Crippen molar-refractivity contribution in [2.24, 2.45) is 0 Å². The van der Waals surface area contributed by atoms with Crippen LogP contribution in [0.5, 0.6) is 0 Å². The SMILES string of the molecule is O=C(O)C1CCCN1CCF. The maximum absolute atomic E-state index is 11.8. The second-order valence-electron chi connectivity index (χ2n) is 2.72. The molecule has 0 aromatic carbocycles. The number of carbonyl (C=O) groups is 1. The maximum Gasteiger partial charge on any atom is 0.320 e. The Morgan fingerprint density at radius 2 is 2.45 bits per heavy atom. The van der Waals surface area contributed by atoms with E-state index in [9.17, 15) is 9.18 Å². The Morgan fingerprint density at radius 1 is 1.73 bits per heavy atom. The number of likely N-dealkylation sites (tertiary alicyclic amines) is 1. The summed E-state index contributed by atoms with van der Waals surface area (Å²) in [4.78, 5) is 12.2. The summed E-state index contributed by atoms with van der Waals surface area (Å²) >= 11 is 0. The molecule has 1 aliphatic heterocycles. The fourth-order valence-corrected chi connectivity index (χ4v) is 1.48. The summed E-state index contributed by atoms with van der Waals surface area (Å²) < 4.78 is 11.8. The molecule has 1 fully saturated rings. The quantitative estimate of drug-likeness (QED) is 0.655. The highest BCUT2D eigenvalue weighted by molar-refractivity contribution is 5.73. The summed E-state index contributed by atoms with van der Waals surface area (Å²) in [5.41, 5.74) is 0. The van der Waals surface area contributed by atoms with Crippen LogP contribution in [0.2, 0.25) is 0 Å². The highest BCUT2D eigenvalue weighted by Crippen LogP contribution is 2.16. The van der Waals surface area contributed by atoms with Gasteiger partial charge in [-0.1, -0.05) is 0 Å². The molecule has 0 spiro atoms. The molecule has 1 aliphatic rings. The highest BCUT2D eigenvalue weighted by Gasteiger charge is 2.29. The molecule has 0 amide bonds. The largest absolute Gasteiger partial charge is 0.480 e. The van der Waals surface area contributed by atoms with Crippen LogP contribution in [0.25, 0.3) is 0 Å². The van der Waals surface area contributed by atoms with Crippen LogP contribution in [0.3, 0.4) is 0 Å². The third kappa shape index (κ3) is 1.89. The predicted molar refractivity (Wildman–Crippen MR) is 38.2 cm³/mol. The van der Waals surface area contributed by atoms with Crippen molar-refractivity contribution in [3.8, 4) is 0 Å². The number of carboxylic acids is 1. The van der Waals surface area contributed by atoms with Gasteiger partial charge in [0.2, 0.25) is 0 Å². The van der Waals surface area contributed by atoms with Crippen molar-refractivity contribution < 1.29 is 14.3 Å². The van der Waals surface area contributed by atoms with E-state index in [2.05, 4.69) is 0 Å². The van der Waals surface area contributed by atoms with Gasteiger partial charge in [0, 0.05) is 6.54 Å². The fraction of sp³-hybridized carbons (Fsp3) is 0.857. The number of nitrogens with zero attached hydrogens (tertiary/aromatic N) is 1. The average Bonchev–Trinajstić information content (AvgIpc) is 2.36. The Labute approximate surface area is 64.8 Å². The van der Waals surface area contributed by atoms with Crippen molar-refractivity contribution in [3.05, 3.63) is 0 Å². The van der Waals surface area contributed by atoms with Crippen molar-refractivity contribution >= 4 is 5.97 Å². The van der Waals surface area contributed by atoms with Crippen LogP contribution in [0.1, 0.15) is 12.8 Å². The lowest BCUT2D eigenvalue weighted by atomic mass is 10.2. The number of rotatable bonds is 3. The maximum atomic E-state index is 11.8. The van der Waals surface area contributed by atoms with Crippen LogP contribution in [0.4, 0.5) is 4.39 Å². The van der Waals surface area contributed by atoms with Crippen LogP contribution in [-0.2, 0) is 4.79 Å². The Balaban J connectivity index is 2.44. The zero-order valence-corrected chi connectivity index (χ0v) is 6.29. The van der Waals surface area contributed by atoms with Crippen molar-refractivity contribution in [2.45, 2.75) is 18.9 Å². The van der Waals surface area contributed by atoms with Crippen molar-refractivity contribution in [2.75, 3.05) is 19.8 Å². The van der Waals surface area contributed by atoms with E-state index >= 15 is 0 Å². The normalized spacial score (nSPS) is 25.7. The summed E-state index contributed by atoms with van der Waals surface area (Å²) in [5.74, 6) is -0.823. The number of hydrogen-bond acceptors (Lipinski definition) is 2. The topological polar surface area (TPSA) is 40.5 Å². The molecule has 0 bridgehead atoms. The Hall–Kier alpha value is -0.640. The van der Waals surface area contributed by atoms with E-state index < -0.39 is 18.7 Å². The first kappa shape index (κ1) is 8.46.